The fraction of sp³-hybridized carbons (Fsp3) is 0.318. The average molecular weight is 404 g/mol. The van der Waals surface area contributed by atoms with Gasteiger partial charge in [-0.15, -0.1) is 0 Å². The first-order valence-corrected chi connectivity index (χ1v) is 9.40. The molecule has 29 heavy (non-hydrogen) atoms. The third kappa shape index (κ3) is 4.19. The minimum atomic E-state index is -4.74. The second-order valence-corrected chi connectivity index (χ2v) is 7.39. The first kappa shape index (κ1) is 19.6. The number of nitrogens with zero attached hydrogens (tertiary/aromatic N) is 1. The third-order valence-electron chi connectivity index (χ3n) is 5.37. The highest BCUT2D eigenvalue weighted by Crippen LogP contribution is 2.35. The fourth-order valence-electron chi connectivity index (χ4n) is 3.64. The highest BCUT2D eigenvalue weighted by atomic mass is 19.4. The van der Waals surface area contributed by atoms with Crippen LogP contribution in [0.15, 0.2) is 48.8 Å². The molecule has 1 saturated carbocycles. The summed E-state index contributed by atoms with van der Waals surface area (Å²) in [6.45, 7) is 2.76. The van der Waals surface area contributed by atoms with Gasteiger partial charge in [-0.2, -0.15) is 13.2 Å². The number of ether oxygens (including phenoxy) is 1. The van der Waals surface area contributed by atoms with Gasteiger partial charge in [0.25, 0.3) is 0 Å². The Hall–Kier alpha value is -2.67. The van der Waals surface area contributed by atoms with E-state index in [0.717, 1.165) is 22.9 Å². The van der Waals surface area contributed by atoms with Crippen LogP contribution < -0.4 is 10.1 Å². The SMILES string of the molecule is Cc1ccc2cnccc2c1CNC1CC(Oc2ccc(F)c(C(F)(F)F)c2)C1. The molecule has 7 heteroatoms. The molecule has 3 aromatic rings. The van der Waals surface area contributed by atoms with E-state index in [0.29, 0.717) is 19.4 Å². The number of aryl methyl sites for hydroxylation is 1. The molecule has 0 atom stereocenters. The Morgan fingerprint density at radius 1 is 1.14 bits per heavy atom. The standard InChI is InChI=1S/C22H20F4N2O/c1-13-2-3-14-11-27-7-6-18(14)19(13)12-28-15-8-17(9-15)29-16-4-5-21(23)20(10-16)22(24,25)26/h2-7,10-11,15,17,28H,8-9,12H2,1H3. The molecule has 0 aliphatic heterocycles. The molecule has 0 radical (unpaired) electrons. The minimum absolute atomic E-state index is 0.0413. The molecule has 1 aromatic heterocycles. The normalized spacial score (nSPS) is 19.2. The lowest BCUT2D eigenvalue weighted by atomic mass is 9.88. The van der Waals surface area contributed by atoms with Crippen molar-refractivity contribution >= 4 is 10.8 Å². The third-order valence-corrected chi connectivity index (χ3v) is 5.37. The van der Waals surface area contributed by atoms with Crippen molar-refractivity contribution in [3.63, 3.8) is 0 Å². The maximum atomic E-state index is 13.4. The first-order valence-electron chi connectivity index (χ1n) is 9.40. The van der Waals surface area contributed by atoms with E-state index in [4.69, 9.17) is 4.74 Å². The van der Waals surface area contributed by atoms with Crippen LogP contribution in [0.3, 0.4) is 0 Å². The van der Waals surface area contributed by atoms with Gasteiger partial charge in [0.1, 0.15) is 17.7 Å². The van der Waals surface area contributed by atoms with Crippen molar-refractivity contribution in [2.75, 3.05) is 0 Å². The number of hydrogen-bond acceptors (Lipinski definition) is 3. The largest absolute Gasteiger partial charge is 0.490 e. The van der Waals surface area contributed by atoms with E-state index in [1.165, 1.54) is 17.2 Å². The number of hydrogen-bond donors (Lipinski definition) is 1. The van der Waals surface area contributed by atoms with Gasteiger partial charge in [-0.05, 0) is 60.5 Å². The summed E-state index contributed by atoms with van der Waals surface area (Å²) >= 11 is 0. The Bertz CT molecular complexity index is 1030. The van der Waals surface area contributed by atoms with Crippen LogP contribution in [0.25, 0.3) is 10.8 Å². The molecular weight excluding hydrogens is 384 g/mol. The number of halogens is 4. The highest BCUT2D eigenvalue weighted by molar-refractivity contribution is 5.85. The highest BCUT2D eigenvalue weighted by Gasteiger charge is 2.35. The zero-order valence-corrected chi connectivity index (χ0v) is 15.8. The molecule has 4 rings (SSSR count). The number of benzene rings is 2. The molecule has 0 saturated heterocycles. The number of alkyl halides is 3. The van der Waals surface area contributed by atoms with Gasteiger partial charge in [0.05, 0.1) is 5.56 Å². The van der Waals surface area contributed by atoms with Crippen molar-refractivity contribution in [2.24, 2.45) is 0 Å². The molecule has 1 fully saturated rings. The monoisotopic (exact) mass is 404 g/mol. The quantitative estimate of drug-likeness (QED) is 0.578. The molecule has 2 aromatic carbocycles. The zero-order chi connectivity index (χ0) is 20.6. The van der Waals surface area contributed by atoms with Crippen LogP contribution in [0.1, 0.15) is 29.5 Å². The summed E-state index contributed by atoms with van der Waals surface area (Å²) in [7, 11) is 0. The van der Waals surface area contributed by atoms with Crippen LogP contribution in [-0.4, -0.2) is 17.1 Å². The van der Waals surface area contributed by atoms with Crippen LogP contribution in [0.2, 0.25) is 0 Å². The van der Waals surface area contributed by atoms with E-state index in [1.807, 2.05) is 18.3 Å². The number of nitrogens with one attached hydrogen (secondary N) is 1. The fourth-order valence-corrected chi connectivity index (χ4v) is 3.64. The van der Waals surface area contributed by atoms with Crippen LogP contribution in [0.5, 0.6) is 5.75 Å². The van der Waals surface area contributed by atoms with Crippen LogP contribution >= 0.6 is 0 Å². The van der Waals surface area contributed by atoms with Crippen molar-refractivity contribution < 1.29 is 22.3 Å². The van der Waals surface area contributed by atoms with Crippen molar-refractivity contribution in [3.8, 4) is 5.75 Å². The van der Waals surface area contributed by atoms with E-state index in [9.17, 15) is 17.6 Å². The van der Waals surface area contributed by atoms with Crippen LogP contribution in [-0.2, 0) is 12.7 Å². The molecule has 1 aliphatic rings. The Morgan fingerprint density at radius 2 is 1.93 bits per heavy atom. The number of fused-ring (bicyclic) bond motifs is 1. The van der Waals surface area contributed by atoms with Gasteiger partial charge < -0.3 is 10.1 Å². The van der Waals surface area contributed by atoms with Crippen LogP contribution in [0, 0.1) is 12.7 Å². The maximum Gasteiger partial charge on any atom is 0.419 e. The summed E-state index contributed by atoms with van der Waals surface area (Å²) < 4.78 is 57.4. The predicted octanol–water partition coefficient (Wildman–Crippen LogP) is 5.40. The molecule has 0 amide bonds. The van der Waals surface area contributed by atoms with Crippen molar-refractivity contribution in [2.45, 2.75) is 44.6 Å². The van der Waals surface area contributed by atoms with E-state index in [1.54, 1.807) is 6.20 Å². The molecule has 152 valence electrons. The maximum absolute atomic E-state index is 13.4. The lowest BCUT2D eigenvalue weighted by Crippen LogP contribution is -2.46. The lowest BCUT2D eigenvalue weighted by molar-refractivity contribution is -0.140. The summed E-state index contributed by atoms with van der Waals surface area (Å²) in [5, 5.41) is 5.73. The predicted molar refractivity (Wildman–Crippen MR) is 102 cm³/mol. The van der Waals surface area contributed by atoms with E-state index < -0.39 is 17.6 Å². The molecule has 3 nitrogen and oxygen atoms in total. The molecule has 0 spiro atoms. The minimum Gasteiger partial charge on any atom is -0.490 e. The molecular formula is C22H20F4N2O. The lowest BCUT2D eigenvalue weighted by Gasteiger charge is -2.36. The second kappa shape index (κ2) is 7.63. The van der Waals surface area contributed by atoms with Gasteiger partial charge in [0.15, 0.2) is 0 Å². The van der Waals surface area contributed by atoms with Gasteiger partial charge in [-0.25, -0.2) is 4.39 Å². The Balaban J connectivity index is 1.34. The van der Waals surface area contributed by atoms with Crippen molar-refractivity contribution in [1.29, 1.82) is 0 Å². The van der Waals surface area contributed by atoms with Crippen molar-refractivity contribution in [3.05, 3.63) is 71.3 Å². The smallest absolute Gasteiger partial charge is 0.419 e. The molecule has 1 aliphatic carbocycles. The van der Waals surface area contributed by atoms with E-state index in [2.05, 4.69) is 23.3 Å². The van der Waals surface area contributed by atoms with Gasteiger partial charge in [0.2, 0.25) is 0 Å². The molecule has 1 heterocycles. The second-order valence-electron chi connectivity index (χ2n) is 7.39. The first-order chi connectivity index (χ1) is 13.8. The number of rotatable bonds is 5. The average Bonchev–Trinajstić information content (AvgIpc) is 2.65. The van der Waals surface area contributed by atoms with E-state index >= 15 is 0 Å². The topological polar surface area (TPSA) is 34.2 Å². The number of aromatic nitrogens is 1. The number of pyridine rings is 1. The summed E-state index contributed by atoms with van der Waals surface area (Å²) in [4.78, 5) is 4.15. The Morgan fingerprint density at radius 3 is 2.69 bits per heavy atom. The zero-order valence-electron chi connectivity index (χ0n) is 15.8. The summed E-state index contributed by atoms with van der Waals surface area (Å²) in [5.41, 5.74) is 1.10. The summed E-state index contributed by atoms with van der Waals surface area (Å²) in [5.74, 6) is -1.25. The summed E-state index contributed by atoms with van der Waals surface area (Å²) in [6.07, 6.45) is 0.0596. The molecule has 1 N–H and O–H groups in total. The molecule has 0 bridgehead atoms. The Kier molecular flexibility index (Phi) is 5.17. The Labute approximate surface area is 165 Å². The van der Waals surface area contributed by atoms with Gasteiger partial charge in [-0.3, -0.25) is 4.98 Å². The summed E-state index contributed by atoms with van der Waals surface area (Å²) in [6, 6.07) is 9.10. The van der Waals surface area contributed by atoms with Gasteiger partial charge in [-0.1, -0.05) is 12.1 Å². The van der Waals surface area contributed by atoms with Crippen LogP contribution in [0.4, 0.5) is 17.6 Å². The molecule has 0 unspecified atom stereocenters. The van der Waals surface area contributed by atoms with Gasteiger partial charge >= 0.3 is 6.18 Å². The van der Waals surface area contributed by atoms with Crippen molar-refractivity contribution in [1.82, 2.24) is 10.3 Å². The van der Waals surface area contributed by atoms with E-state index in [-0.39, 0.29) is 17.9 Å². The van der Waals surface area contributed by atoms with Gasteiger partial charge in [0, 0.05) is 30.4 Å².